The maximum atomic E-state index is 6.09. The Morgan fingerprint density at radius 3 is 2.62 bits per heavy atom. The summed E-state index contributed by atoms with van der Waals surface area (Å²) in [5.74, 6) is 2.38. The summed E-state index contributed by atoms with van der Waals surface area (Å²) in [6.07, 6.45) is 2.67. The molecule has 5 nitrogen and oxygen atoms in total. The van der Waals surface area contributed by atoms with E-state index in [1.807, 2.05) is 77.5 Å². The highest BCUT2D eigenvalue weighted by atomic mass is 35.5. The average molecular weight is 423 g/mol. The third kappa shape index (κ3) is 4.60. The van der Waals surface area contributed by atoms with Gasteiger partial charge in [-0.25, -0.2) is 0 Å². The number of pyridine rings is 1. The van der Waals surface area contributed by atoms with Crippen LogP contribution in [0.4, 0.5) is 0 Å². The molecule has 2 aromatic heterocycles. The number of rotatable bonds is 7. The summed E-state index contributed by atoms with van der Waals surface area (Å²) < 4.78 is 7.42. The Morgan fingerprint density at radius 2 is 1.86 bits per heavy atom. The first kappa shape index (κ1) is 19.5. The van der Waals surface area contributed by atoms with Gasteiger partial charge < -0.3 is 4.74 Å². The normalized spacial score (nSPS) is 10.8. The Balaban J connectivity index is 1.67. The predicted octanol–water partition coefficient (Wildman–Crippen LogP) is 5.33. The third-order valence-corrected chi connectivity index (χ3v) is 5.54. The van der Waals surface area contributed by atoms with Gasteiger partial charge in [0.1, 0.15) is 5.75 Å². The summed E-state index contributed by atoms with van der Waals surface area (Å²) in [4.78, 5) is 4.39. The van der Waals surface area contributed by atoms with Crippen LogP contribution < -0.4 is 4.74 Å². The van der Waals surface area contributed by atoms with E-state index < -0.39 is 0 Å². The number of aryl methyl sites for hydroxylation is 1. The van der Waals surface area contributed by atoms with Crippen LogP contribution in [0.25, 0.3) is 17.1 Å². The lowest BCUT2D eigenvalue weighted by Crippen LogP contribution is -2.01. The van der Waals surface area contributed by atoms with Crippen molar-refractivity contribution in [3.63, 3.8) is 0 Å². The Kier molecular flexibility index (Phi) is 6.12. The number of methoxy groups -OCH3 is 1. The van der Waals surface area contributed by atoms with E-state index in [2.05, 4.69) is 15.2 Å². The molecule has 0 aliphatic rings. The predicted molar refractivity (Wildman–Crippen MR) is 117 cm³/mol. The van der Waals surface area contributed by atoms with E-state index in [9.17, 15) is 0 Å². The minimum absolute atomic E-state index is 0.689. The molecule has 0 N–H and O–H groups in total. The molecular formula is C22H19ClN4OS. The first-order valence-electron chi connectivity index (χ1n) is 9.13. The Bertz CT molecular complexity index is 1080. The van der Waals surface area contributed by atoms with Crippen LogP contribution in [-0.2, 0) is 6.42 Å². The summed E-state index contributed by atoms with van der Waals surface area (Å²) in [5.41, 5.74) is 2.95. The van der Waals surface area contributed by atoms with Crippen LogP contribution in [-0.4, -0.2) is 32.6 Å². The highest BCUT2D eigenvalue weighted by Crippen LogP contribution is 2.30. The number of ether oxygens (including phenoxy) is 1. The average Bonchev–Trinajstić information content (AvgIpc) is 3.19. The number of hydrogen-bond donors (Lipinski definition) is 0. The smallest absolute Gasteiger partial charge is 0.196 e. The molecule has 2 aromatic carbocycles. The summed E-state index contributed by atoms with van der Waals surface area (Å²) in [6.45, 7) is 0. The van der Waals surface area contributed by atoms with E-state index in [0.717, 1.165) is 45.8 Å². The molecule has 0 fully saturated rings. The van der Waals surface area contributed by atoms with Crippen molar-refractivity contribution in [3.8, 4) is 22.8 Å². The van der Waals surface area contributed by atoms with Crippen molar-refractivity contribution in [2.24, 2.45) is 0 Å². The minimum Gasteiger partial charge on any atom is -0.497 e. The van der Waals surface area contributed by atoms with Crippen LogP contribution >= 0.6 is 23.4 Å². The molecule has 29 heavy (non-hydrogen) atoms. The number of aromatic nitrogens is 4. The van der Waals surface area contributed by atoms with Gasteiger partial charge in [0.05, 0.1) is 7.11 Å². The van der Waals surface area contributed by atoms with Crippen LogP contribution in [0.5, 0.6) is 5.75 Å². The van der Waals surface area contributed by atoms with Crippen LogP contribution in [0.1, 0.15) is 5.69 Å². The number of thioether (sulfide) groups is 1. The van der Waals surface area contributed by atoms with E-state index in [0.29, 0.717) is 5.02 Å². The molecule has 0 aliphatic carbocycles. The quantitative estimate of drug-likeness (QED) is 0.377. The number of hydrogen-bond acceptors (Lipinski definition) is 5. The fraction of sp³-hybridized carbons (Fsp3) is 0.136. The molecule has 0 aliphatic heterocycles. The Morgan fingerprint density at radius 1 is 1.00 bits per heavy atom. The lowest BCUT2D eigenvalue weighted by molar-refractivity contribution is 0.415. The Hall–Kier alpha value is -2.83. The second-order valence-corrected chi connectivity index (χ2v) is 7.77. The largest absolute Gasteiger partial charge is 0.497 e. The zero-order valence-corrected chi connectivity index (χ0v) is 17.4. The molecule has 0 saturated carbocycles. The van der Waals surface area contributed by atoms with Gasteiger partial charge >= 0.3 is 0 Å². The van der Waals surface area contributed by atoms with Crippen molar-refractivity contribution in [1.29, 1.82) is 0 Å². The highest BCUT2D eigenvalue weighted by Gasteiger charge is 2.16. The van der Waals surface area contributed by atoms with E-state index in [1.165, 1.54) is 0 Å². The second-order valence-electron chi connectivity index (χ2n) is 6.27. The second kappa shape index (κ2) is 9.11. The number of nitrogens with zero attached hydrogens (tertiary/aromatic N) is 4. The van der Waals surface area contributed by atoms with Crippen LogP contribution in [0.2, 0.25) is 5.02 Å². The van der Waals surface area contributed by atoms with E-state index in [-0.39, 0.29) is 0 Å². The Labute approximate surface area is 178 Å². The van der Waals surface area contributed by atoms with Crippen molar-refractivity contribution in [2.45, 2.75) is 11.6 Å². The molecule has 0 bridgehead atoms. The van der Waals surface area contributed by atoms with Crippen LogP contribution in [0.15, 0.2) is 78.1 Å². The molecular weight excluding hydrogens is 404 g/mol. The molecule has 0 saturated heterocycles. The third-order valence-electron chi connectivity index (χ3n) is 4.36. The van der Waals surface area contributed by atoms with Crippen molar-refractivity contribution >= 4 is 23.4 Å². The fourth-order valence-corrected chi connectivity index (χ4v) is 3.97. The molecule has 146 valence electrons. The van der Waals surface area contributed by atoms with E-state index in [1.54, 1.807) is 18.9 Å². The molecule has 4 rings (SSSR count). The van der Waals surface area contributed by atoms with E-state index >= 15 is 0 Å². The topological polar surface area (TPSA) is 52.8 Å². The highest BCUT2D eigenvalue weighted by molar-refractivity contribution is 7.99. The molecule has 7 heteroatoms. The molecule has 0 unspecified atom stereocenters. The molecule has 2 heterocycles. The summed E-state index contributed by atoms with van der Waals surface area (Å²) in [7, 11) is 1.65. The monoisotopic (exact) mass is 422 g/mol. The van der Waals surface area contributed by atoms with Crippen molar-refractivity contribution in [2.75, 3.05) is 12.9 Å². The molecule has 4 aromatic rings. The lowest BCUT2D eigenvalue weighted by atomic mass is 10.2. The molecule has 0 radical (unpaired) electrons. The SMILES string of the molecule is COc1cccc(-c2nnc(SCCc3ccccn3)n2-c2ccc(Cl)cc2)c1. The van der Waals surface area contributed by atoms with Gasteiger partial charge in [-0.3, -0.25) is 9.55 Å². The molecule has 0 amide bonds. The fourth-order valence-electron chi connectivity index (χ4n) is 2.93. The standard InChI is InChI=1S/C22H19ClN4OS/c1-28-20-7-4-5-16(15-20)21-25-26-22(27(21)19-10-8-17(23)9-11-19)29-14-12-18-6-2-3-13-24-18/h2-11,13,15H,12,14H2,1H3. The summed E-state index contributed by atoms with van der Waals surface area (Å²) >= 11 is 7.74. The van der Waals surface area contributed by atoms with Gasteiger partial charge in [0, 0.05) is 33.9 Å². The number of halogens is 1. The van der Waals surface area contributed by atoms with Gasteiger partial charge in [0.25, 0.3) is 0 Å². The van der Waals surface area contributed by atoms with Gasteiger partial charge in [0.15, 0.2) is 11.0 Å². The first-order valence-corrected chi connectivity index (χ1v) is 10.5. The zero-order valence-electron chi connectivity index (χ0n) is 15.8. The van der Waals surface area contributed by atoms with Crippen LogP contribution in [0, 0.1) is 0 Å². The maximum absolute atomic E-state index is 6.09. The van der Waals surface area contributed by atoms with Gasteiger partial charge in [-0.1, -0.05) is 41.6 Å². The molecule has 0 atom stereocenters. The summed E-state index contributed by atoms with van der Waals surface area (Å²) in [5, 5.41) is 10.4. The lowest BCUT2D eigenvalue weighted by Gasteiger charge is -2.11. The minimum atomic E-state index is 0.689. The van der Waals surface area contributed by atoms with Gasteiger partial charge in [0.2, 0.25) is 0 Å². The van der Waals surface area contributed by atoms with Gasteiger partial charge in [-0.15, -0.1) is 10.2 Å². The summed E-state index contributed by atoms with van der Waals surface area (Å²) in [6, 6.07) is 21.5. The van der Waals surface area contributed by atoms with Crippen molar-refractivity contribution < 1.29 is 4.74 Å². The van der Waals surface area contributed by atoms with Gasteiger partial charge in [-0.05, 0) is 55.0 Å². The molecule has 0 spiro atoms. The first-order chi connectivity index (χ1) is 14.2. The maximum Gasteiger partial charge on any atom is 0.196 e. The van der Waals surface area contributed by atoms with Gasteiger partial charge in [-0.2, -0.15) is 0 Å². The number of benzene rings is 2. The van der Waals surface area contributed by atoms with Crippen LogP contribution in [0.3, 0.4) is 0 Å². The van der Waals surface area contributed by atoms with E-state index in [4.69, 9.17) is 16.3 Å². The zero-order chi connectivity index (χ0) is 20.1. The van der Waals surface area contributed by atoms with Crippen molar-refractivity contribution in [1.82, 2.24) is 19.7 Å². The van der Waals surface area contributed by atoms with Crippen molar-refractivity contribution in [3.05, 3.63) is 83.6 Å².